The molecule has 116 valence electrons. The number of carboxylic acids is 1. The van der Waals surface area contributed by atoms with E-state index < -0.39 is 5.97 Å². The van der Waals surface area contributed by atoms with Crippen molar-refractivity contribution in [3.8, 4) is 0 Å². The van der Waals surface area contributed by atoms with Crippen LogP contribution < -0.4 is 5.32 Å². The zero-order valence-electron chi connectivity index (χ0n) is 12.7. The second-order valence-corrected chi connectivity index (χ2v) is 5.38. The molecule has 23 heavy (non-hydrogen) atoms. The monoisotopic (exact) mass is 309 g/mol. The molecule has 1 aromatic heterocycles. The molecule has 3 aromatic rings. The Morgan fingerprint density at radius 3 is 2.70 bits per heavy atom. The van der Waals surface area contributed by atoms with Crippen molar-refractivity contribution in [1.29, 1.82) is 0 Å². The van der Waals surface area contributed by atoms with Crippen molar-refractivity contribution in [2.24, 2.45) is 7.05 Å². The van der Waals surface area contributed by atoms with Gasteiger partial charge in [0.15, 0.2) is 0 Å². The largest absolute Gasteiger partial charge is 0.478 e. The van der Waals surface area contributed by atoms with Crippen LogP contribution in [0.15, 0.2) is 42.7 Å². The molecule has 2 N–H and O–H groups in total. The summed E-state index contributed by atoms with van der Waals surface area (Å²) in [6.45, 7) is 1.90. The Morgan fingerprint density at radius 2 is 2.00 bits per heavy atom. The van der Waals surface area contributed by atoms with E-state index in [1.165, 1.54) is 6.07 Å². The molecule has 0 saturated heterocycles. The predicted octanol–water partition coefficient (Wildman–Crippen LogP) is 2.83. The van der Waals surface area contributed by atoms with Crippen LogP contribution in [-0.4, -0.2) is 26.5 Å². The van der Waals surface area contributed by atoms with Crippen molar-refractivity contribution in [2.45, 2.75) is 6.92 Å². The lowest BCUT2D eigenvalue weighted by atomic mass is 10.1. The molecule has 1 amide bonds. The SMILES string of the molecule is Cc1cccc(C(=O)Nc2cc(C(=O)O)c3c(c2)ncn3C)c1. The summed E-state index contributed by atoms with van der Waals surface area (Å²) in [5.41, 5.74) is 3.03. The third kappa shape index (κ3) is 2.78. The number of aromatic nitrogens is 2. The topological polar surface area (TPSA) is 84.2 Å². The molecule has 0 fully saturated rings. The van der Waals surface area contributed by atoms with Crippen LogP contribution >= 0.6 is 0 Å². The highest BCUT2D eigenvalue weighted by molar-refractivity contribution is 6.08. The fourth-order valence-corrected chi connectivity index (χ4v) is 2.52. The molecule has 0 radical (unpaired) electrons. The number of carbonyl (C=O) groups excluding carboxylic acids is 1. The fourth-order valence-electron chi connectivity index (χ4n) is 2.52. The van der Waals surface area contributed by atoms with E-state index in [0.717, 1.165) is 5.56 Å². The molecule has 0 atom stereocenters. The molecule has 0 aliphatic rings. The van der Waals surface area contributed by atoms with Gasteiger partial charge in [0.1, 0.15) is 0 Å². The number of anilines is 1. The Balaban J connectivity index is 2.00. The van der Waals surface area contributed by atoms with Crippen molar-refractivity contribution < 1.29 is 14.7 Å². The van der Waals surface area contributed by atoms with Gasteiger partial charge in [-0.3, -0.25) is 4.79 Å². The third-order valence-corrected chi connectivity index (χ3v) is 3.58. The van der Waals surface area contributed by atoms with Gasteiger partial charge in [-0.2, -0.15) is 0 Å². The van der Waals surface area contributed by atoms with Gasteiger partial charge in [0.05, 0.1) is 22.9 Å². The number of benzene rings is 2. The predicted molar refractivity (Wildman–Crippen MR) is 86.8 cm³/mol. The molecule has 0 unspecified atom stereocenters. The van der Waals surface area contributed by atoms with E-state index in [2.05, 4.69) is 10.3 Å². The van der Waals surface area contributed by atoms with Crippen LogP contribution in [0.4, 0.5) is 5.69 Å². The first-order valence-corrected chi connectivity index (χ1v) is 7.02. The molecule has 0 saturated carbocycles. The summed E-state index contributed by atoms with van der Waals surface area (Å²) in [5, 5.41) is 12.1. The van der Waals surface area contributed by atoms with Gasteiger partial charge in [-0.05, 0) is 31.2 Å². The van der Waals surface area contributed by atoms with Crippen molar-refractivity contribution in [3.63, 3.8) is 0 Å². The highest BCUT2D eigenvalue weighted by Gasteiger charge is 2.16. The minimum Gasteiger partial charge on any atom is -0.478 e. The van der Waals surface area contributed by atoms with Gasteiger partial charge in [-0.1, -0.05) is 17.7 Å². The minimum atomic E-state index is -1.06. The van der Waals surface area contributed by atoms with Crippen molar-refractivity contribution in [3.05, 3.63) is 59.4 Å². The summed E-state index contributed by atoms with van der Waals surface area (Å²) in [4.78, 5) is 27.9. The number of carbonyl (C=O) groups is 2. The highest BCUT2D eigenvalue weighted by atomic mass is 16.4. The zero-order valence-corrected chi connectivity index (χ0v) is 12.7. The van der Waals surface area contributed by atoms with Crippen LogP contribution in [0.1, 0.15) is 26.3 Å². The molecule has 6 nitrogen and oxygen atoms in total. The van der Waals surface area contributed by atoms with E-state index in [0.29, 0.717) is 22.3 Å². The maximum atomic E-state index is 12.3. The Kier molecular flexibility index (Phi) is 3.57. The number of fused-ring (bicyclic) bond motifs is 1. The molecule has 0 spiro atoms. The number of nitrogens with zero attached hydrogens (tertiary/aromatic N) is 2. The smallest absolute Gasteiger partial charge is 0.337 e. The Labute approximate surface area is 132 Å². The van der Waals surface area contributed by atoms with Gasteiger partial charge in [0.25, 0.3) is 5.91 Å². The normalized spacial score (nSPS) is 10.7. The van der Waals surface area contributed by atoms with E-state index in [-0.39, 0.29) is 11.5 Å². The van der Waals surface area contributed by atoms with E-state index in [9.17, 15) is 14.7 Å². The quantitative estimate of drug-likeness (QED) is 0.779. The number of aryl methyl sites for hydroxylation is 2. The summed E-state index contributed by atoms with van der Waals surface area (Å²) < 4.78 is 1.64. The van der Waals surface area contributed by atoms with Crippen LogP contribution in [0.2, 0.25) is 0 Å². The summed E-state index contributed by atoms with van der Waals surface area (Å²) in [6.07, 6.45) is 1.54. The van der Waals surface area contributed by atoms with Gasteiger partial charge in [-0.25, -0.2) is 9.78 Å². The molecule has 2 aromatic carbocycles. The average Bonchev–Trinajstić information content (AvgIpc) is 2.87. The molecular weight excluding hydrogens is 294 g/mol. The van der Waals surface area contributed by atoms with Crippen molar-refractivity contribution >= 4 is 28.6 Å². The fraction of sp³-hybridized carbons (Fsp3) is 0.118. The number of nitrogens with one attached hydrogen (secondary N) is 1. The van der Waals surface area contributed by atoms with E-state index in [1.807, 2.05) is 13.0 Å². The number of rotatable bonds is 3. The van der Waals surface area contributed by atoms with Gasteiger partial charge in [0.2, 0.25) is 0 Å². The van der Waals surface area contributed by atoms with E-state index in [4.69, 9.17) is 0 Å². The van der Waals surface area contributed by atoms with E-state index >= 15 is 0 Å². The molecule has 1 heterocycles. The van der Waals surface area contributed by atoms with Gasteiger partial charge in [-0.15, -0.1) is 0 Å². The number of carboxylic acid groups (broad SMARTS) is 1. The summed E-state index contributed by atoms with van der Waals surface area (Å²) in [6, 6.07) is 10.3. The number of amides is 1. The van der Waals surface area contributed by atoms with Crippen LogP contribution in [0.3, 0.4) is 0 Å². The molecule has 0 aliphatic heterocycles. The van der Waals surface area contributed by atoms with Crippen LogP contribution in [0, 0.1) is 6.92 Å². The first kappa shape index (κ1) is 14.8. The van der Waals surface area contributed by atoms with Crippen LogP contribution in [0.25, 0.3) is 11.0 Å². The lowest BCUT2D eigenvalue weighted by Gasteiger charge is -2.08. The van der Waals surface area contributed by atoms with Gasteiger partial charge >= 0.3 is 5.97 Å². The number of hydrogen-bond donors (Lipinski definition) is 2. The molecule has 0 aliphatic carbocycles. The summed E-state index contributed by atoms with van der Waals surface area (Å²) >= 11 is 0. The lowest BCUT2D eigenvalue weighted by Crippen LogP contribution is -2.13. The molecule has 3 rings (SSSR count). The second kappa shape index (κ2) is 5.57. The second-order valence-electron chi connectivity index (χ2n) is 5.38. The van der Waals surface area contributed by atoms with Crippen LogP contribution in [-0.2, 0) is 7.05 Å². The molecular formula is C17H15N3O3. The average molecular weight is 309 g/mol. The molecule has 6 heteroatoms. The Bertz CT molecular complexity index is 928. The highest BCUT2D eigenvalue weighted by Crippen LogP contribution is 2.23. The standard InChI is InChI=1S/C17H15N3O3/c1-10-4-3-5-11(6-10)16(21)19-12-7-13(17(22)23)15-14(8-12)18-9-20(15)2/h3-9H,1-2H3,(H,19,21)(H,22,23). The number of imidazole rings is 1. The third-order valence-electron chi connectivity index (χ3n) is 3.58. The maximum absolute atomic E-state index is 12.3. The Morgan fingerprint density at radius 1 is 1.22 bits per heavy atom. The minimum absolute atomic E-state index is 0.0991. The summed E-state index contributed by atoms with van der Waals surface area (Å²) in [5.74, 6) is -1.36. The number of aromatic carboxylic acids is 1. The summed E-state index contributed by atoms with van der Waals surface area (Å²) in [7, 11) is 1.73. The lowest BCUT2D eigenvalue weighted by molar-refractivity contribution is 0.0698. The molecule has 0 bridgehead atoms. The van der Waals surface area contributed by atoms with Gasteiger partial charge < -0.3 is 15.0 Å². The van der Waals surface area contributed by atoms with Crippen molar-refractivity contribution in [2.75, 3.05) is 5.32 Å². The first-order chi connectivity index (χ1) is 11.0. The first-order valence-electron chi connectivity index (χ1n) is 7.02. The van der Waals surface area contributed by atoms with Crippen LogP contribution in [0.5, 0.6) is 0 Å². The zero-order chi connectivity index (χ0) is 16.6. The van der Waals surface area contributed by atoms with E-state index in [1.54, 1.807) is 42.2 Å². The number of hydrogen-bond acceptors (Lipinski definition) is 3. The maximum Gasteiger partial charge on any atom is 0.337 e. The Hall–Kier alpha value is -3.15. The van der Waals surface area contributed by atoms with Gasteiger partial charge in [0, 0.05) is 18.3 Å². The van der Waals surface area contributed by atoms with Crippen molar-refractivity contribution in [1.82, 2.24) is 9.55 Å².